The lowest BCUT2D eigenvalue weighted by molar-refractivity contribution is -0.140. The quantitative estimate of drug-likeness (QED) is 0.837. The van der Waals surface area contributed by atoms with E-state index in [1.165, 1.54) is 6.26 Å². The van der Waals surface area contributed by atoms with E-state index in [4.69, 9.17) is 4.74 Å². The highest BCUT2D eigenvalue weighted by Gasteiger charge is 2.36. The van der Waals surface area contributed by atoms with E-state index in [9.17, 15) is 22.7 Å². The number of hydrogen-bond donors (Lipinski definition) is 1. The van der Waals surface area contributed by atoms with Gasteiger partial charge in [-0.05, 0) is 24.5 Å². The van der Waals surface area contributed by atoms with E-state index in [2.05, 4.69) is 0 Å². The summed E-state index contributed by atoms with van der Waals surface area (Å²) >= 11 is 0. The van der Waals surface area contributed by atoms with Gasteiger partial charge in [0.1, 0.15) is 11.9 Å². The molecule has 1 atom stereocenters. The highest BCUT2D eigenvalue weighted by molar-refractivity contribution is 5.33. The van der Waals surface area contributed by atoms with E-state index >= 15 is 0 Å². The van der Waals surface area contributed by atoms with Crippen molar-refractivity contribution in [1.82, 2.24) is 0 Å². The zero-order valence-electron chi connectivity index (χ0n) is 9.88. The highest BCUT2D eigenvalue weighted by Crippen LogP contribution is 2.36. The van der Waals surface area contributed by atoms with Crippen LogP contribution < -0.4 is 0 Å². The minimum atomic E-state index is -4.78. The maximum Gasteiger partial charge on any atom is 0.419 e. The zero-order chi connectivity index (χ0) is 14.0. The summed E-state index contributed by atoms with van der Waals surface area (Å²) in [6, 6.07) is 2.87. The molecule has 0 amide bonds. The van der Waals surface area contributed by atoms with E-state index in [0.29, 0.717) is 31.1 Å². The SMILES string of the molecule is OC(C1=COCCC1)c1cccc(C(F)(F)F)c1F. The summed E-state index contributed by atoms with van der Waals surface area (Å²) in [5, 5.41) is 9.96. The molecular weight excluding hydrogens is 264 g/mol. The first-order valence-corrected chi connectivity index (χ1v) is 5.75. The minimum absolute atomic E-state index is 0.379. The van der Waals surface area contributed by atoms with Gasteiger partial charge < -0.3 is 9.84 Å². The van der Waals surface area contributed by atoms with Gasteiger partial charge in [0.15, 0.2) is 0 Å². The van der Waals surface area contributed by atoms with Gasteiger partial charge in [-0.25, -0.2) is 4.39 Å². The maximum atomic E-state index is 13.8. The first-order valence-electron chi connectivity index (χ1n) is 5.75. The van der Waals surface area contributed by atoms with Gasteiger partial charge in [0.05, 0.1) is 18.4 Å². The van der Waals surface area contributed by atoms with Gasteiger partial charge in [0, 0.05) is 5.56 Å². The van der Waals surface area contributed by atoms with Gasteiger partial charge in [-0.3, -0.25) is 0 Å². The van der Waals surface area contributed by atoms with E-state index < -0.39 is 23.7 Å². The van der Waals surface area contributed by atoms with E-state index in [0.717, 1.165) is 12.1 Å². The number of benzene rings is 1. The van der Waals surface area contributed by atoms with Gasteiger partial charge in [0.25, 0.3) is 0 Å². The maximum absolute atomic E-state index is 13.8. The van der Waals surface area contributed by atoms with Crippen molar-refractivity contribution in [1.29, 1.82) is 0 Å². The van der Waals surface area contributed by atoms with Crippen LogP contribution >= 0.6 is 0 Å². The van der Waals surface area contributed by atoms with Crippen molar-refractivity contribution in [2.24, 2.45) is 0 Å². The van der Waals surface area contributed by atoms with Crippen molar-refractivity contribution < 1.29 is 27.4 Å². The molecular formula is C13H12F4O2. The second kappa shape index (κ2) is 5.21. The van der Waals surface area contributed by atoms with Crippen molar-refractivity contribution in [2.75, 3.05) is 6.61 Å². The van der Waals surface area contributed by atoms with Crippen LogP contribution in [0.15, 0.2) is 30.0 Å². The molecule has 0 bridgehead atoms. The fourth-order valence-electron chi connectivity index (χ4n) is 1.97. The van der Waals surface area contributed by atoms with Crippen molar-refractivity contribution in [3.8, 4) is 0 Å². The van der Waals surface area contributed by atoms with E-state index in [-0.39, 0.29) is 5.56 Å². The molecule has 1 aliphatic rings. The number of aliphatic hydroxyl groups excluding tert-OH is 1. The molecule has 2 rings (SSSR count). The van der Waals surface area contributed by atoms with Gasteiger partial charge in [0.2, 0.25) is 0 Å². The molecule has 0 aliphatic carbocycles. The lowest BCUT2D eigenvalue weighted by Gasteiger charge is -2.20. The molecule has 0 aromatic heterocycles. The molecule has 0 radical (unpaired) electrons. The molecule has 0 saturated carbocycles. The smallest absolute Gasteiger partial charge is 0.419 e. The molecule has 6 heteroatoms. The summed E-state index contributed by atoms with van der Waals surface area (Å²) in [5.74, 6) is -1.44. The van der Waals surface area contributed by atoms with Crippen molar-refractivity contribution in [3.63, 3.8) is 0 Å². The Morgan fingerprint density at radius 1 is 1.26 bits per heavy atom. The normalized spacial score (nSPS) is 17.6. The van der Waals surface area contributed by atoms with Crippen LogP contribution in [-0.2, 0) is 10.9 Å². The van der Waals surface area contributed by atoms with E-state index in [1.54, 1.807) is 0 Å². The minimum Gasteiger partial charge on any atom is -0.501 e. The molecule has 19 heavy (non-hydrogen) atoms. The average molecular weight is 276 g/mol. The first-order chi connectivity index (χ1) is 8.91. The Morgan fingerprint density at radius 3 is 2.58 bits per heavy atom. The number of rotatable bonds is 2. The summed E-state index contributed by atoms with van der Waals surface area (Å²) in [6.07, 6.45) is -3.80. The number of hydrogen-bond acceptors (Lipinski definition) is 2. The average Bonchev–Trinajstić information content (AvgIpc) is 2.38. The van der Waals surface area contributed by atoms with Crippen LogP contribution in [0.25, 0.3) is 0 Å². The Labute approximate surface area is 107 Å². The van der Waals surface area contributed by atoms with Crippen LogP contribution in [0.5, 0.6) is 0 Å². The second-order valence-electron chi connectivity index (χ2n) is 4.28. The Bertz CT molecular complexity index is 494. The number of alkyl halides is 3. The molecule has 2 nitrogen and oxygen atoms in total. The van der Waals surface area contributed by atoms with Crippen molar-refractivity contribution in [3.05, 3.63) is 47.0 Å². The van der Waals surface area contributed by atoms with Crippen LogP contribution in [0.2, 0.25) is 0 Å². The Morgan fingerprint density at radius 2 is 2.00 bits per heavy atom. The molecule has 104 valence electrons. The van der Waals surface area contributed by atoms with Crippen LogP contribution in [0, 0.1) is 5.82 Å². The predicted molar refractivity (Wildman–Crippen MR) is 59.6 cm³/mol. The molecule has 1 aromatic rings. The van der Waals surface area contributed by atoms with Gasteiger partial charge >= 0.3 is 6.18 Å². The number of ether oxygens (including phenoxy) is 1. The largest absolute Gasteiger partial charge is 0.501 e. The predicted octanol–water partition coefficient (Wildman–Crippen LogP) is 3.57. The van der Waals surface area contributed by atoms with Crippen LogP contribution in [0.3, 0.4) is 0 Å². The fourth-order valence-corrected chi connectivity index (χ4v) is 1.97. The van der Waals surface area contributed by atoms with Gasteiger partial charge in [-0.1, -0.05) is 12.1 Å². The molecule has 1 aromatic carbocycles. The summed E-state index contributed by atoms with van der Waals surface area (Å²) in [7, 11) is 0. The van der Waals surface area contributed by atoms with Crippen LogP contribution in [0.1, 0.15) is 30.1 Å². The molecule has 0 fully saturated rings. The Kier molecular flexibility index (Phi) is 3.80. The summed E-state index contributed by atoms with van der Waals surface area (Å²) in [4.78, 5) is 0. The lowest BCUT2D eigenvalue weighted by atomic mass is 9.96. The molecule has 0 saturated heterocycles. The van der Waals surface area contributed by atoms with E-state index in [1.807, 2.05) is 0 Å². The van der Waals surface area contributed by atoms with Crippen LogP contribution in [-0.4, -0.2) is 11.7 Å². The summed E-state index contributed by atoms with van der Waals surface area (Å²) < 4.78 is 56.5. The first kappa shape index (κ1) is 13.9. The fraction of sp³-hybridized carbons (Fsp3) is 0.385. The van der Waals surface area contributed by atoms with Crippen molar-refractivity contribution in [2.45, 2.75) is 25.1 Å². The Balaban J connectivity index is 2.37. The Hall–Kier alpha value is -1.56. The lowest BCUT2D eigenvalue weighted by Crippen LogP contribution is -2.14. The van der Waals surface area contributed by atoms with Gasteiger partial charge in [-0.15, -0.1) is 0 Å². The monoisotopic (exact) mass is 276 g/mol. The van der Waals surface area contributed by atoms with Gasteiger partial charge in [-0.2, -0.15) is 13.2 Å². The standard InChI is InChI=1S/C13H12F4O2/c14-11-9(4-1-5-10(11)13(15,16)17)12(18)8-3-2-6-19-7-8/h1,4-5,7,12,18H,2-3,6H2. The van der Waals surface area contributed by atoms with Crippen LogP contribution in [0.4, 0.5) is 17.6 Å². The summed E-state index contributed by atoms with van der Waals surface area (Å²) in [5.41, 5.74) is -1.38. The zero-order valence-corrected chi connectivity index (χ0v) is 9.88. The topological polar surface area (TPSA) is 29.5 Å². The molecule has 0 spiro atoms. The number of halogens is 4. The summed E-state index contributed by atoms with van der Waals surface area (Å²) in [6.45, 7) is 0.487. The third-order valence-electron chi connectivity index (χ3n) is 2.94. The molecule has 1 aliphatic heterocycles. The molecule has 1 unspecified atom stereocenters. The third-order valence-corrected chi connectivity index (χ3v) is 2.94. The highest BCUT2D eigenvalue weighted by atomic mass is 19.4. The molecule has 1 heterocycles. The van der Waals surface area contributed by atoms with Crippen molar-refractivity contribution >= 4 is 0 Å². The second-order valence-corrected chi connectivity index (χ2v) is 4.28. The molecule has 1 N–H and O–H groups in total. The number of aliphatic hydroxyl groups is 1. The third kappa shape index (κ3) is 2.89.